The van der Waals surface area contributed by atoms with Gasteiger partial charge in [0.1, 0.15) is 5.75 Å². The molecule has 0 spiro atoms. The minimum absolute atomic E-state index is 0.0449. The molecule has 1 aliphatic carbocycles. The van der Waals surface area contributed by atoms with Crippen LogP contribution in [0, 0.1) is 12.8 Å². The number of hydrogen-bond donors (Lipinski definition) is 1. The van der Waals surface area contributed by atoms with Crippen molar-refractivity contribution in [2.75, 3.05) is 31.2 Å². The highest BCUT2D eigenvalue weighted by Crippen LogP contribution is 2.39. The van der Waals surface area contributed by atoms with E-state index in [1.165, 1.54) is 12.8 Å². The van der Waals surface area contributed by atoms with Crippen molar-refractivity contribution in [3.63, 3.8) is 0 Å². The molecule has 2 aromatic rings. The molecule has 0 atom stereocenters. The van der Waals surface area contributed by atoms with Crippen molar-refractivity contribution in [3.05, 3.63) is 35.2 Å². The molecule has 4 rings (SSSR count). The third-order valence-electron chi connectivity index (χ3n) is 6.34. The number of anilines is 1. The number of aromatic nitrogens is 2. The zero-order valence-corrected chi connectivity index (χ0v) is 18.4. The summed E-state index contributed by atoms with van der Waals surface area (Å²) in [5.74, 6) is 3.01. The van der Waals surface area contributed by atoms with Gasteiger partial charge in [0.25, 0.3) is 0 Å². The molecule has 1 aromatic heterocycles. The van der Waals surface area contributed by atoms with Crippen LogP contribution >= 0.6 is 0 Å². The van der Waals surface area contributed by atoms with E-state index in [0.29, 0.717) is 37.3 Å². The first-order valence-electron chi connectivity index (χ1n) is 11.6. The Morgan fingerprint density at radius 2 is 2.03 bits per heavy atom. The summed E-state index contributed by atoms with van der Waals surface area (Å²) in [4.78, 5) is 18.9. The number of rotatable bonds is 11. The van der Waals surface area contributed by atoms with Crippen molar-refractivity contribution in [2.24, 2.45) is 5.92 Å². The number of carbonyl (C=O) groups excluding carboxylic acids is 1. The number of ketones is 1. The molecule has 2 aliphatic rings. The first-order valence-corrected chi connectivity index (χ1v) is 11.6. The zero-order valence-electron chi connectivity index (χ0n) is 18.4. The number of aliphatic hydroxyl groups excluding tert-OH is 1. The van der Waals surface area contributed by atoms with Crippen LogP contribution in [-0.4, -0.2) is 47.3 Å². The van der Waals surface area contributed by atoms with E-state index in [4.69, 9.17) is 14.4 Å². The normalized spacial score (nSPS) is 17.2. The van der Waals surface area contributed by atoms with E-state index < -0.39 is 0 Å². The van der Waals surface area contributed by atoms with Crippen LogP contribution in [0.3, 0.4) is 0 Å². The maximum atomic E-state index is 12.1. The molecule has 0 radical (unpaired) electrons. The van der Waals surface area contributed by atoms with E-state index in [2.05, 4.69) is 15.0 Å². The van der Waals surface area contributed by atoms with Gasteiger partial charge in [-0.25, -0.2) is 0 Å². The second kappa shape index (κ2) is 10.3. The monoisotopic (exact) mass is 427 g/mol. The summed E-state index contributed by atoms with van der Waals surface area (Å²) in [5, 5.41) is 13.0. The zero-order chi connectivity index (χ0) is 21.6. The predicted molar refractivity (Wildman–Crippen MR) is 118 cm³/mol. The third kappa shape index (κ3) is 5.85. The van der Waals surface area contributed by atoms with E-state index in [0.717, 1.165) is 61.5 Å². The average molecular weight is 428 g/mol. The fraction of sp³-hybridized carbons (Fsp3) is 0.625. The van der Waals surface area contributed by atoms with Crippen molar-refractivity contribution in [3.8, 4) is 5.75 Å². The number of piperidine rings is 1. The fourth-order valence-corrected chi connectivity index (χ4v) is 4.25. The van der Waals surface area contributed by atoms with Gasteiger partial charge in [0, 0.05) is 37.6 Å². The summed E-state index contributed by atoms with van der Waals surface area (Å²) in [5.41, 5.74) is 1.65. The molecule has 2 fully saturated rings. The SMILES string of the molecule is Cc1cc(OCCCC2CCN(c3nc(C4CC4)no3)CC2)ccc1C(=O)CCCO. The van der Waals surface area contributed by atoms with Gasteiger partial charge in [0.15, 0.2) is 11.6 Å². The van der Waals surface area contributed by atoms with Gasteiger partial charge in [-0.2, -0.15) is 4.98 Å². The van der Waals surface area contributed by atoms with Gasteiger partial charge in [-0.1, -0.05) is 5.16 Å². The van der Waals surface area contributed by atoms with E-state index in [1.54, 1.807) is 0 Å². The molecule has 31 heavy (non-hydrogen) atoms. The van der Waals surface area contributed by atoms with Crippen molar-refractivity contribution >= 4 is 11.8 Å². The molecule has 0 unspecified atom stereocenters. The Morgan fingerprint density at radius 1 is 1.23 bits per heavy atom. The summed E-state index contributed by atoms with van der Waals surface area (Å²) in [6.45, 7) is 4.62. The standard InChI is InChI=1S/C24H33N3O4/c1-17-16-20(8-9-21(17)22(29)5-2-14-28)30-15-3-4-18-10-12-27(13-11-18)24-25-23(26-31-24)19-6-7-19/h8-9,16,18-19,28H,2-7,10-15H2,1H3. The number of benzene rings is 1. The van der Waals surface area contributed by atoms with Crippen LogP contribution in [0.15, 0.2) is 22.7 Å². The number of Topliss-reactive ketones (excluding diaryl/α,β-unsaturated/α-hetero) is 1. The molecule has 2 heterocycles. The Labute approximate surface area is 183 Å². The van der Waals surface area contributed by atoms with Gasteiger partial charge in [0.05, 0.1) is 6.61 Å². The molecular weight excluding hydrogens is 394 g/mol. The van der Waals surface area contributed by atoms with Gasteiger partial charge in [-0.3, -0.25) is 4.79 Å². The molecule has 0 amide bonds. The summed E-state index contributed by atoms with van der Waals surface area (Å²) in [6, 6.07) is 6.34. The lowest BCUT2D eigenvalue weighted by molar-refractivity contribution is 0.0970. The van der Waals surface area contributed by atoms with Gasteiger partial charge < -0.3 is 19.3 Å². The Hall–Kier alpha value is -2.41. The molecule has 1 N–H and O–H groups in total. The summed E-state index contributed by atoms with van der Waals surface area (Å²) >= 11 is 0. The number of carbonyl (C=O) groups is 1. The van der Waals surface area contributed by atoms with E-state index >= 15 is 0 Å². The second-order valence-electron chi connectivity index (χ2n) is 8.86. The van der Waals surface area contributed by atoms with Crippen LogP contribution < -0.4 is 9.64 Å². The van der Waals surface area contributed by atoms with E-state index in [9.17, 15) is 4.79 Å². The fourth-order valence-electron chi connectivity index (χ4n) is 4.25. The summed E-state index contributed by atoms with van der Waals surface area (Å²) in [6.07, 6.45) is 7.73. The Morgan fingerprint density at radius 3 is 2.74 bits per heavy atom. The van der Waals surface area contributed by atoms with Gasteiger partial charge in [-0.05, 0) is 81.5 Å². The van der Waals surface area contributed by atoms with E-state index in [-0.39, 0.29) is 12.4 Å². The van der Waals surface area contributed by atoms with Crippen molar-refractivity contribution < 1.29 is 19.2 Å². The molecule has 0 bridgehead atoms. The molecule has 168 valence electrons. The predicted octanol–water partition coefficient (Wildman–Crippen LogP) is 4.29. The highest BCUT2D eigenvalue weighted by Gasteiger charge is 2.30. The molecule has 1 saturated heterocycles. The Balaban J connectivity index is 1.15. The highest BCUT2D eigenvalue weighted by atomic mass is 16.5. The molecule has 1 saturated carbocycles. The second-order valence-corrected chi connectivity index (χ2v) is 8.86. The highest BCUT2D eigenvalue weighted by molar-refractivity contribution is 5.97. The van der Waals surface area contributed by atoms with Crippen LogP contribution in [-0.2, 0) is 0 Å². The maximum absolute atomic E-state index is 12.1. The first-order chi connectivity index (χ1) is 15.1. The molecule has 1 aromatic carbocycles. The van der Waals surface area contributed by atoms with Crippen LogP contribution in [0.2, 0.25) is 0 Å². The molecule has 7 heteroatoms. The smallest absolute Gasteiger partial charge is 0.324 e. The van der Waals surface area contributed by atoms with Crippen LogP contribution in [0.5, 0.6) is 5.75 Å². The van der Waals surface area contributed by atoms with Gasteiger partial charge in [-0.15, -0.1) is 0 Å². The topological polar surface area (TPSA) is 88.7 Å². The van der Waals surface area contributed by atoms with Gasteiger partial charge >= 0.3 is 6.01 Å². The van der Waals surface area contributed by atoms with Gasteiger partial charge in [0.2, 0.25) is 0 Å². The molecule has 7 nitrogen and oxygen atoms in total. The maximum Gasteiger partial charge on any atom is 0.324 e. The largest absolute Gasteiger partial charge is 0.494 e. The molecular formula is C24H33N3O4. The number of nitrogens with zero attached hydrogens (tertiary/aromatic N) is 3. The van der Waals surface area contributed by atoms with Crippen LogP contribution in [0.4, 0.5) is 6.01 Å². The first kappa shape index (κ1) is 21.8. The average Bonchev–Trinajstić information content (AvgIpc) is 3.52. The van der Waals surface area contributed by atoms with E-state index in [1.807, 2.05) is 25.1 Å². The van der Waals surface area contributed by atoms with Crippen molar-refractivity contribution in [1.82, 2.24) is 10.1 Å². The number of ether oxygens (including phenoxy) is 1. The number of aryl methyl sites for hydroxylation is 1. The lowest BCUT2D eigenvalue weighted by Gasteiger charge is -2.30. The van der Waals surface area contributed by atoms with Crippen LogP contribution in [0.25, 0.3) is 0 Å². The minimum atomic E-state index is 0.0449. The number of hydrogen-bond acceptors (Lipinski definition) is 7. The Kier molecular flexibility index (Phi) is 7.22. The van der Waals surface area contributed by atoms with Crippen LogP contribution in [0.1, 0.15) is 79.0 Å². The molecule has 1 aliphatic heterocycles. The minimum Gasteiger partial charge on any atom is -0.494 e. The van der Waals surface area contributed by atoms with Crippen molar-refractivity contribution in [2.45, 2.75) is 64.2 Å². The summed E-state index contributed by atoms with van der Waals surface area (Å²) < 4.78 is 11.4. The quantitative estimate of drug-likeness (QED) is 0.423. The summed E-state index contributed by atoms with van der Waals surface area (Å²) in [7, 11) is 0. The lowest BCUT2D eigenvalue weighted by atomic mass is 9.92. The Bertz CT molecular complexity index is 869. The third-order valence-corrected chi connectivity index (χ3v) is 6.34. The number of aliphatic hydroxyl groups is 1. The van der Waals surface area contributed by atoms with Crippen molar-refractivity contribution in [1.29, 1.82) is 0 Å². The lowest BCUT2D eigenvalue weighted by Crippen LogP contribution is -2.34.